The predicted octanol–water partition coefficient (Wildman–Crippen LogP) is 2.11. The van der Waals surface area contributed by atoms with E-state index in [1.165, 1.54) is 6.07 Å². The summed E-state index contributed by atoms with van der Waals surface area (Å²) >= 11 is 0. The van der Waals surface area contributed by atoms with E-state index in [1.54, 1.807) is 0 Å². The van der Waals surface area contributed by atoms with Crippen molar-refractivity contribution in [2.45, 2.75) is 25.1 Å². The van der Waals surface area contributed by atoms with Crippen LogP contribution in [0.2, 0.25) is 0 Å². The van der Waals surface area contributed by atoms with E-state index < -0.39 is 11.7 Å². The Kier molecular flexibility index (Phi) is 5.91. The fourth-order valence-electron chi connectivity index (χ4n) is 3.52. The zero-order valence-corrected chi connectivity index (χ0v) is 16.3. The Morgan fingerprint density at radius 3 is 2.70 bits per heavy atom. The number of nitrogens with zero attached hydrogens (tertiary/aromatic N) is 4. The Morgan fingerprint density at radius 2 is 2.00 bits per heavy atom. The van der Waals surface area contributed by atoms with Gasteiger partial charge in [-0.3, -0.25) is 0 Å². The van der Waals surface area contributed by atoms with E-state index in [0.717, 1.165) is 31.6 Å². The highest BCUT2D eigenvalue weighted by Crippen LogP contribution is 2.38. The minimum atomic E-state index is -4.61. The topological polar surface area (TPSA) is 98.4 Å². The first-order valence-electron chi connectivity index (χ1n) is 9.82. The molecule has 2 saturated heterocycles. The van der Waals surface area contributed by atoms with Crippen LogP contribution in [0.15, 0.2) is 18.3 Å². The number of morpholine rings is 1. The fourth-order valence-corrected chi connectivity index (χ4v) is 3.52. The largest absolute Gasteiger partial charge is 0.473 e. The number of hydrogen-bond donors (Lipinski definition) is 2. The van der Waals surface area contributed by atoms with Crippen molar-refractivity contribution in [3.8, 4) is 17.1 Å². The molecule has 0 aromatic carbocycles. The number of anilines is 2. The molecule has 4 heterocycles. The van der Waals surface area contributed by atoms with Gasteiger partial charge >= 0.3 is 6.18 Å². The summed E-state index contributed by atoms with van der Waals surface area (Å²) < 4.78 is 52.3. The molecular weight excluding hydrogens is 401 g/mol. The molecule has 0 saturated carbocycles. The van der Waals surface area contributed by atoms with Gasteiger partial charge in [-0.15, -0.1) is 0 Å². The van der Waals surface area contributed by atoms with Gasteiger partial charge in [-0.1, -0.05) is 0 Å². The lowest BCUT2D eigenvalue weighted by Gasteiger charge is -2.28. The highest BCUT2D eigenvalue weighted by Gasteiger charge is 2.35. The van der Waals surface area contributed by atoms with Crippen molar-refractivity contribution in [1.82, 2.24) is 20.3 Å². The highest BCUT2D eigenvalue weighted by molar-refractivity contribution is 5.67. The van der Waals surface area contributed by atoms with Crippen molar-refractivity contribution in [3.63, 3.8) is 0 Å². The molecule has 3 N–H and O–H groups in total. The van der Waals surface area contributed by atoms with E-state index in [1.807, 2.05) is 4.90 Å². The van der Waals surface area contributed by atoms with Crippen LogP contribution in [0.4, 0.5) is 24.9 Å². The number of halogens is 3. The van der Waals surface area contributed by atoms with Gasteiger partial charge in [0.15, 0.2) is 0 Å². The number of alkyl halides is 3. The maximum absolute atomic E-state index is 13.6. The molecule has 0 aliphatic carbocycles. The fraction of sp³-hybridized carbons (Fsp3) is 0.526. The number of rotatable bonds is 4. The third-order valence-electron chi connectivity index (χ3n) is 5.03. The summed E-state index contributed by atoms with van der Waals surface area (Å²) in [6.45, 7) is 3.64. The highest BCUT2D eigenvalue weighted by atomic mass is 19.4. The second-order valence-corrected chi connectivity index (χ2v) is 7.23. The summed E-state index contributed by atoms with van der Waals surface area (Å²) in [6.07, 6.45) is -1.82. The molecule has 30 heavy (non-hydrogen) atoms. The van der Waals surface area contributed by atoms with Crippen LogP contribution < -0.4 is 20.7 Å². The molecular formula is C19H23F3N6O2. The van der Waals surface area contributed by atoms with Gasteiger partial charge in [0.2, 0.25) is 11.8 Å². The van der Waals surface area contributed by atoms with Gasteiger partial charge in [-0.05, 0) is 25.5 Å². The number of nitrogens with one attached hydrogen (secondary N) is 1. The first kappa shape index (κ1) is 20.6. The maximum Gasteiger partial charge on any atom is 0.417 e. The SMILES string of the molecule is Nc1cc(C(F)(F)F)c(-c2cc(OC3CCCNC3)nc(N3CCOCC3)n2)cn1. The summed E-state index contributed by atoms with van der Waals surface area (Å²) in [5.41, 5.74) is 4.53. The third kappa shape index (κ3) is 4.73. The molecule has 2 fully saturated rings. The summed E-state index contributed by atoms with van der Waals surface area (Å²) in [7, 11) is 0. The number of aromatic nitrogens is 3. The minimum Gasteiger partial charge on any atom is -0.473 e. The second-order valence-electron chi connectivity index (χ2n) is 7.23. The molecule has 2 aliphatic rings. The smallest absolute Gasteiger partial charge is 0.417 e. The molecule has 0 radical (unpaired) electrons. The molecule has 0 spiro atoms. The van der Waals surface area contributed by atoms with Crippen molar-refractivity contribution in [1.29, 1.82) is 0 Å². The number of piperidine rings is 1. The number of nitrogen functional groups attached to an aromatic ring is 1. The molecule has 11 heteroatoms. The zero-order valence-electron chi connectivity index (χ0n) is 16.3. The van der Waals surface area contributed by atoms with Crippen LogP contribution in [0.3, 0.4) is 0 Å². The molecule has 2 aromatic heterocycles. The lowest BCUT2D eigenvalue weighted by Crippen LogP contribution is -2.38. The molecule has 2 aromatic rings. The molecule has 1 unspecified atom stereocenters. The molecule has 0 bridgehead atoms. The average molecular weight is 424 g/mol. The van der Waals surface area contributed by atoms with Crippen molar-refractivity contribution < 1.29 is 22.6 Å². The summed E-state index contributed by atoms with van der Waals surface area (Å²) in [5, 5.41) is 3.25. The summed E-state index contributed by atoms with van der Waals surface area (Å²) in [6, 6.07) is 2.25. The van der Waals surface area contributed by atoms with E-state index >= 15 is 0 Å². The monoisotopic (exact) mass is 424 g/mol. The number of ether oxygens (including phenoxy) is 2. The summed E-state index contributed by atoms with van der Waals surface area (Å²) in [4.78, 5) is 14.6. The molecule has 4 rings (SSSR count). The van der Waals surface area contributed by atoms with Crippen LogP contribution in [-0.2, 0) is 10.9 Å². The van der Waals surface area contributed by atoms with Crippen molar-refractivity contribution in [3.05, 3.63) is 23.9 Å². The van der Waals surface area contributed by atoms with Gasteiger partial charge in [0.1, 0.15) is 11.9 Å². The molecule has 0 amide bonds. The van der Waals surface area contributed by atoms with Gasteiger partial charge in [0.05, 0.1) is 24.5 Å². The van der Waals surface area contributed by atoms with Gasteiger partial charge in [0.25, 0.3) is 0 Å². The standard InChI is InChI=1S/C19H23F3N6O2/c20-19(21,22)14-8-16(23)25-11-13(14)15-9-17(30-12-2-1-3-24-10-12)27-18(26-15)28-4-6-29-7-5-28/h8-9,11-12,24H,1-7,10H2,(H2,23,25). The number of hydrogen-bond acceptors (Lipinski definition) is 8. The van der Waals surface area contributed by atoms with Crippen molar-refractivity contribution >= 4 is 11.8 Å². The van der Waals surface area contributed by atoms with Crippen LogP contribution in [0, 0.1) is 0 Å². The number of pyridine rings is 1. The first-order valence-corrected chi connectivity index (χ1v) is 9.82. The Bertz CT molecular complexity index is 883. The van der Waals surface area contributed by atoms with E-state index in [4.69, 9.17) is 15.2 Å². The Labute approximate surface area is 171 Å². The van der Waals surface area contributed by atoms with Gasteiger partial charge < -0.3 is 25.4 Å². The van der Waals surface area contributed by atoms with Crippen molar-refractivity contribution in [2.75, 3.05) is 50.0 Å². The lowest BCUT2D eigenvalue weighted by atomic mass is 10.1. The van der Waals surface area contributed by atoms with E-state index in [9.17, 15) is 13.2 Å². The molecule has 162 valence electrons. The zero-order chi connectivity index (χ0) is 21.1. The van der Waals surface area contributed by atoms with Gasteiger partial charge in [-0.25, -0.2) is 9.97 Å². The normalized spacial score (nSPS) is 20.2. The molecule has 8 nitrogen and oxygen atoms in total. The lowest BCUT2D eigenvalue weighted by molar-refractivity contribution is -0.137. The van der Waals surface area contributed by atoms with Crippen LogP contribution in [0.1, 0.15) is 18.4 Å². The third-order valence-corrected chi connectivity index (χ3v) is 5.03. The van der Waals surface area contributed by atoms with E-state index in [-0.39, 0.29) is 29.1 Å². The Hall–Kier alpha value is -2.66. The Morgan fingerprint density at radius 1 is 1.20 bits per heavy atom. The van der Waals surface area contributed by atoms with Crippen molar-refractivity contribution in [2.24, 2.45) is 0 Å². The molecule has 1 atom stereocenters. The van der Waals surface area contributed by atoms with Crippen LogP contribution in [0.25, 0.3) is 11.3 Å². The quantitative estimate of drug-likeness (QED) is 0.770. The van der Waals surface area contributed by atoms with Gasteiger partial charge in [0, 0.05) is 37.5 Å². The molecule has 2 aliphatic heterocycles. The van der Waals surface area contributed by atoms with Gasteiger partial charge in [-0.2, -0.15) is 18.2 Å². The summed E-state index contributed by atoms with van der Waals surface area (Å²) in [5.74, 6) is 0.331. The minimum absolute atomic E-state index is 0.0880. The van der Waals surface area contributed by atoms with E-state index in [0.29, 0.717) is 38.8 Å². The average Bonchev–Trinajstić information content (AvgIpc) is 2.74. The Balaban J connectivity index is 1.75. The maximum atomic E-state index is 13.6. The first-order chi connectivity index (χ1) is 14.4. The van der Waals surface area contributed by atoms with Crippen LogP contribution >= 0.6 is 0 Å². The van der Waals surface area contributed by atoms with E-state index in [2.05, 4.69) is 20.3 Å². The number of nitrogens with two attached hydrogens (primary N) is 1. The van der Waals surface area contributed by atoms with Crippen LogP contribution in [-0.4, -0.2) is 60.4 Å². The van der Waals surface area contributed by atoms with Crippen LogP contribution in [0.5, 0.6) is 5.88 Å². The predicted molar refractivity (Wildman–Crippen MR) is 104 cm³/mol. The second kappa shape index (κ2) is 8.60.